The first-order valence-electron chi connectivity index (χ1n) is 13.2. The summed E-state index contributed by atoms with van der Waals surface area (Å²) in [6.45, 7) is 6.64. The third-order valence-electron chi connectivity index (χ3n) is 8.24. The van der Waals surface area contributed by atoms with Crippen molar-refractivity contribution in [1.29, 1.82) is 0 Å². The average molecular weight is 533 g/mol. The zero-order chi connectivity index (χ0) is 27.6. The lowest BCUT2D eigenvalue weighted by atomic mass is 9.76. The van der Waals surface area contributed by atoms with Crippen LogP contribution in [0.2, 0.25) is 0 Å². The quantitative estimate of drug-likeness (QED) is 0.343. The fourth-order valence-corrected chi connectivity index (χ4v) is 6.08. The number of rotatable bonds is 5. The van der Waals surface area contributed by atoms with Crippen LogP contribution in [0.4, 0.5) is 8.78 Å². The highest BCUT2D eigenvalue weighted by Gasteiger charge is 2.50. The van der Waals surface area contributed by atoms with Crippen LogP contribution >= 0.6 is 0 Å². The van der Waals surface area contributed by atoms with Gasteiger partial charge in [-0.25, -0.2) is 8.78 Å². The van der Waals surface area contributed by atoms with Gasteiger partial charge in [0.15, 0.2) is 5.78 Å². The van der Waals surface area contributed by atoms with E-state index in [9.17, 15) is 23.2 Å². The van der Waals surface area contributed by atoms with Gasteiger partial charge in [0.2, 0.25) is 5.91 Å². The fourth-order valence-electron chi connectivity index (χ4n) is 6.08. The summed E-state index contributed by atoms with van der Waals surface area (Å²) in [6, 6.07) is 12.1. The van der Waals surface area contributed by atoms with E-state index in [0.717, 1.165) is 5.39 Å². The maximum absolute atomic E-state index is 14.2. The predicted molar refractivity (Wildman–Crippen MR) is 143 cm³/mol. The predicted octanol–water partition coefficient (Wildman–Crippen LogP) is 5.29. The molecular weight excluding hydrogens is 502 g/mol. The van der Waals surface area contributed by atoms with E-state index in [0.29, 0.717) is 36.1 Å². The van der Waals surface area contributed by atoms with Crippen molar-refractivity contribution >= 4 is 39.4 Å². The van der Waals surface area contributed by atoms with Crippen molar-refractivity contribution in [2.24, 2.45) is 11.3 Å². The normalized spacial score (nSPS) is 19.8. The molecule has 2 aliphatic rings. The Balaban J connectivity index is 1.17. The number of carbonyl (C=O) groups is 3. The van der Waals surface area contributed by atoms with E-state index < -0.39 is 17.2 Å². The zero-order valence-electron chi connectivity index (χ0n) is 22.1. The molecule has 2 aromatic heterocycles. The van der Waals surface area contributed by atoms with Gasteiger partial charge in [0, 0.05) is 35.8 Å². The van der Waals surface area contributed by atoms with Gasteiger partial charge in [-0.15, -0.1) is 0 Å². The van der Waals surface area contributed by atoms with Crippen molar-refractivity contribution in [3.8, 4) is 0 Å². The number of Topliss-reactive ketones (excluding diaryl/α,β-unsaturated/α-hetero) is 1. The monoisotopic (exact) mass is 532 g/mol. The van der Waals surface area contributed by atoms with E-state index in [4.69, 9.17) is 0 Å². The lowest BCUT2D eigenvalue weighted by Gasteiger charge is -2.39. The second-order valence-electron chi connectivity index (χ2n) is 11.8. The Hall–Kier alpha value is -4.01. The Morgan fingerprint density at radius 2 is 1.64 bits per heavy atom. The number of amides is 2. The first-order chi connectivity index (χ1) is 18.5. The van der Waals surface area contributed by atoms with Crippen LogP contribution in [-0.2, 0) is 4.79 Å². The summed E-state index contributed by atoms with van der Waals surface area (Å²) in [5, 5.41) is 1.37. The van der Waals surface area contributed by atoms with Gasteiger partial charge >= 0.3 is 0 Å². The summed E-state index contributed by atoms with van der Waals surface area (Å²) in [5.41, 5.74) is 1.04. The largest absolute Gasteiger partial charge is 0.350 e. The van der Waals surface area contributed by atoms with Gasteiger partial charge in [-0.2, -0.15) is 0 Å². The number of ketones is 1. The van der Waals surface area contributed by atoms with Crippen molar-refractivity contribution in [3.63, 3.8) is 0 Å². The van der Waals surface area contributed by atoms with Crippen molar-refractivity contribution in [1.82, 2.24) is 19.8 Å². The average Bonchev–Trinajstić information content (AvgIpc) is 3.67. The van der Waals surface area contributed by atoms with E-state index in [1.54, 1.807) is 35.2 Å². The highest BCUT2D eigenvalue weighted by Crippen LogP contribution is 2.38. The number of piperazine rings is 1. The maximum Gasteiger partial charge on any atom is 0.270 e. The number of para-hydroxylation sites is 1. The highest BCUT2D eigenvalue weighted by molar-refractivity contribution is 6.02. The molecule has 2 saturated heterocycles. The maximum atomic E-state index is 14.2. The molecule has 0 saturated carbocycles. The molecule has 6 rings (SSSR count). The number of aromatic amines is 2. The van der Waals surface area contributed by atoms with Gasteiger partial charge in [-0.05, 0) is 48.2 Å². The second-order valence-corrected chi connectivity index (χ2v) is 11.8. The Morgan fingerprint density at radius 1 is 0.923 bits per heavy atom. The van der Waals surface area contributed by atoms with Crippen molar-refractivity contribution in [2.45, 2.75) is 45.7 Å². The molecule has 2 fully saturated rings. The number of H-pyrrole nitrogens is 2. The molecule has 0 radical (unpaired) electrons. The zero-order valence-corrected chi connectivity index (χ0v) is 22.1. The summed E-state index contributed by atoms with van der Waals surface area (Å²) < 4.78 is 27.7. The number of benzene rings is 2. The molecule has 4 aromatic rings. The number of likely N-dealkylation sites (tertiary alicyclic amines) is 2. The smallest absolute Gasteiger partial charge is 0.270 e. The number of fused-ring (bicyclic) bond motifs is 4. The van der Waals surface area contributed by atoms with E-state index in [1.165, 1.54) is 18.2 Å². The van der Waals surface area contributed by atoms with Crippen LogP contribution in [0, 0.1) is 23.0 Å². The Bertz CT molecular complexity index is 1630. The summed E-state index contributed by atoms with van der Waals surface area (Å²) in [5.74, 6) is -1.88. The molecule has 202 valence electrons. The number of hydrogen-bond acceptors (Lipinski definition) is 3. The Kier molecular flexibility index (Phi) is 5.86. The number of hydrogen-bond donors (Lipinski definition) is 2. The topological polar surface area (TPSA) is 89.3 Å². The van der Waals surface area contributed by atoms with Crippen LogP contribution in [0.15, 0.2) is 48.5 Å². The van der Waals surface area contributed by atoms with Crippen molar-refractivity contribution < 1.29 is 23.2 Å². The van der Waals surface area contributed by atoms with Crippen LogP contribution in [0.1, 0.15) is 54.6 Å². The number of aromatic nitrogens is 2. The molecule has 39 heavy (non-hydrogen) atoms. The Labute approximate surface area is 224 Å². The molecule has 2 aromatic carbocycles. The first kappa shape index (κ1) is 25.3. The molecule has 2 aliphatic heterocycles. The van der Waals surface area contributed by atoms with Gasteiger partial charge in [0.25, 0.3) is 5.91 Å². The minimum atomic E-state index is -0.576. The van der Waals surface area contributed by atoms with Gasteiger partial charge in [0.1, 0.15) is 17.3 Å². The third-order valence-corrected chi connectivity index (χ3v) is 8.24. The molecule has 2 amide bonds. The minimum absolute atomic E-state index is 0.00106. The van der Waals surface area contributed by atoms with Gasteiger partial charge in [-0.1, -0.05) is 32.9 Å². The Morgan fingerprint density at radius 3 is 2.33 bits per heavy atom. The summed E-state index contributed by atoms with van der Waals surface area (Å²) >= 11 is 0. The van der Waals surface area contributed by atoms with E-state index >= 15 is 0 Å². The van der Waals surface area contributed by atoms with Crippen molar-refractivity contribution in [3.05, 3.63) is 71.6 Å². The van der Waals surface area contributed by atoms with Gasteiger partial charge in [-0.3, -0.25) is 14.4 Å². The lowest BCUT2D eigenvalue weighted by Crippen LogP contribution is -2.53. The molecule has 9 heteroatoms. The molecule has 0 aliphatic carbocycles. The first-order valence-corrected chi connectivity index (χ1v) is 13.2. The number of carbonyl (C=O) groups excluding carboxylic acids is 3. The SMILES string of the molecule is CC(C)(C)[C@H](CC(=O)c1cc2cccc(F)c2[nH]1)C(=O)N1C[C@@H]2C[C@H]1CN2C(=O)c1cc2ccc(F)cc2[nH]1. The van der Waals surface area contributed by atoms with Crippen LogP contribution < -0.4 is 0 Å². The molecular formula is C30H30F2N4O3. The van der Waals surface area contributed by atoms with Gasteiger partial charge in [0.05, 0.1) is 29.2 Å². The number of nitrogens with zero attached hydrogens (tertiary/aromatic N) is 2. The van der Waals surface area contributed by atoms with Crippen molar-refractivity contribution in [2.75, 3.05) is 13.1 Å². The highest BCUT2D eigenvalue weighted by atomic mass is 19.1. The summed E-state index contributed by atoms with van der Waals surface area (Å²) in [7, 11) is 0. The molecule has 0 unspecified atom stereocenters. The molecule has 4 heterocycles. The summed E-state index contributed by atoms with van der Waals surface area (Å²) in [6.07, 6.45) is 0.678. The van der Waals surface area contributed by atoms with Crippen LogP contribution in [0.5, 0.6) is 0 Å². The molecule has 3 atom stereocenters. The van der Waals surface area contributed by atoms with Gasteiger partial charge < -0.3 is 19.8 Å². The standard InChI is InChI=1S/C30H30F2N4O3/c1-30(2,3)21(13-26(37)24-10-17-5-4-6-22(32)27(17)34-24)28(38)35-14-20-12-19(35)15-36(20)29(39)25-9-16-7-8-18(31)11-23(16)33-25/h4-11,19-21,33-34H,12-15H2,1-3H3/t19-,20-,21+/m0/s1. The number of nitrogens with one attached hydrogen (secondary N) is 2. The van der Waals surface area contributed by atoms with E-state index in [2.05, 4.69) is 9.97 Å². The molecule has 2 N–H and O–H groups in total. The number of halogens is 2. The van der Waals surface area contributed by atoms with Crippen LogP contribution in [-0.4, -0.2) is 62.5 Å². The van der Waals surface area contributed by atoms with Crippen LogP contribution in [0.3, 0.4) is 0 Å². The lowest BCUT2D eigenvalue weighted by molar-refractivity contribution is -0.141. The molecule has 7 nitrogen and oxygen atoms in total. The molecule has 2 bridgehead atoms. The van der Waals surface area contributed by atoms with E-state index in [1.807, 2.05) is 25.7 Å². The van der Waals surface area contributed by atoms with Crippen LogP contribution in [0.25, 0.3) is 21.8 Å². The molecule has 0 spiro atoms. The summed E-state index contributed by atoms with van der Waals surface area (Å²) in [4.78, 5) is 49.9. The minimum Gasteiger partial charge on any atom is -0.350 e. The fraction of sp³-hybridized carbons (Fsp3) is 0.367. The second kappa shape index (κ2) is 9.03. The van der Waals surface area contributed by atoms with E-state index in [-0.39, 0.29) is 53.1 Å². The third kappa shape index (κ3) is 4.39.